The van der Waals surface area contributed by atoms with Crippen molar-refractivity contribution in [2.24, 2.45) is 16.7 Å². The topological polar surface area (TPSA) is 143 Å². The minimum absolute atomic E-state index is 0. The van der Waals surface area contributed by atoms with Gasteiger partial charge in [0.05, 0.1) is 24.4 Å². The summed E-state index contributed by atoms with van der Waals surface area (Å²) in [4.78, 5) is 41.5. The molecule has 4 rings (SSSR count). The molecule has 0 bridgehead atoms. The van der Waals surface area contributed by atoms with Crippen LogP contribution in [0.3, 0.4) is 0 Å². The third-order valence-electron chi connectivity index (χ3n) is 10.4. The second-order valence-electron chi connectivity index (χ2n) is 13.6. The van der Waals surface area contributed by atoms with Crippen LogP contribution in [0.2, 0.25) is 0 Å². The number of esters is 2. The van der Waals surface area contributed by atoms with Gasteiger partial charge in [0, 0.05) is 17.8 Å². The maximum absolute atomic E-state index is 13.9. The number of aliphatic hydroxyl groups is 3. The molecule has 2 aliphatic heterocycles. The predicted octanol–water partition coefficient (Wildman–Crippen LogP) is 2.34. The van der Waals surface area contributed by atoms with Crippen molar-refractivity contribution in [3.63, 3.8) is 0 Å². The van der Waals surface area contributed by atoms with E-state index in [0.29, 0.717) is 12.8 Å². The molecule has 0 aromatic heterocycles. The van der Waals surface area contributed by atoms with Crippen LogP contribution in [0.4, 0.5) is 0 Å². The molecule has 0 radical (unpaired) electrons. The summed E-state index contributed by atoms with van der Waals surface area (Å²) < 4.78 is 17.4. The van der Waals surface area contributed by atoms with Crippen LogP contribution in [0.1, 0.15) is 79.6 Å². The van der Waals surface area contributed by atoms with Crippen molar-refractivity contribution in [1.82, 2.24) is 4.90 Å². The zero-order chi connectivity index (χ0) is 29.7. The summed E-state index contributed by atoms with van der Waals surface area (Å²) in [5.41, 5.74) is -7.62. The van der Waals surface area contributed by atoms with E-state index in [9.17, 15) is 29.7 Å². The minimum atomic E-state index is -2.31. The molecular formula is C30H48ClNO9. The number of nitrogens with zero attached hydrogens (tertiary/aromatic N) is 1. The average molecular weight is 602 g/mol. The molecular weight excluding hydrogens is 554 g/mol. The van der Waals surface area contributed by atoms with Gasteiger partial charge in [0.1, 0.15) is 5.60 Å². The zero-order valence-corrected chi connectivity index (χ0v) is 25.8. The molecule has 234 valence electrons. The first-order chi connectivity index (χ1) is 18.6. The third kappa shape index (κ3) is 5.49. The van der Waals surface area contributed by atoms with Crippen LogP contribution in [-0.2, 0) is 28.6 Å². The Balaban J connectivity index is 0.00000462. The van der Waals surface area contributed by atoms with Gasteiger partial charge in [-0.05, 0) is 58.0 Å². The lowest BCUT2D eigenvalue weighted by molar-refractivity contribution is -0.370. The predicted molar refractivity (Wildman–Crippen MR) is 152 cm³/mol. The molecule has 0 spiro atoms. The van der Waals surface area contributed by atoms with E-state index in [0.717, 1.165) is 38.8 Å². The minimum Gasteiger partial charge on any atom is -0.454 e. The summed E-state index contributed by atoms with van der Waals surface area (Å²) in [6, 6.07) is 0. The summed E-state index contributed by atoms with van der Waals surface area (Å²) in [6.07, 6.45) is 2.30. The molecule has 10 nitrogen and oxygen atoms in total. The van der Waals surface area contributed by atoms with Crippen molar-refractivity contribution in [1.29, 1.82) is 0 Å². The molecule has 41 heavy (non-hydrogen) atoms. The van der Waals surface area contributed by atoms with Crippen molar-refractivity contribution in [2.45, 2.75) is 115 Å². The van der Waals surface area contributed by atoms with E-state index in [2.05, 4.69) is 6.58 Å². The van der Waals surface area contributed by atoms with E-state index in [-0.39, 0.29) is 25.4 Å². The fourth-order valence-electron chi connectivity index (χ4n) is 8.32. The molecule has 0 aromatic rings. The number of halogens is 1. The van der Waals surface area contributed by atoms with Gasteiger partial charge in [-0.3, -0.25) is 14.5 Å². The maximum Gasteiger partial charge on any atom is 0.344 e. The molecule has 2 saturated carbocycles. The summed E-state index contributed by atoms with van der Waals surface area (Å²) >= 11 is 0. The van der Waals surface area contributed by atoms with Crippen LogP contribution in [-0.4, -0.2) is 99.3 Å². The van der Waals surface area contributed by atoms with E-state index in [1.54, 1.807) is 13.8 Å². The molecule has 0 amide bonds. The number of carbonyl (C=O) groups excluding carboxylic acids is 3. The number of hydrogen-bond acceptors (Lipinski definition) is 10. The summed E-state index contributed by atoms with van der Waals surface area (Å²) in [5, 5.41) is 35.7. The van der Waals surface area contributed by atoms with Gasteiger partial charge < -0.3 is 29.5 Å². The first-order valence-corrected chi connectivity index (χ1v) is 14.6. The first-order valence-electron chi connectivity index (χ1n) is 14.6. The van der Waals surface area contributed by atoms with E-state index in [4.69, 9.17) is 14.2 Å². The SMILES string of the molecule is C=C[C@@]1(C)CC(=O)[C@]2(O)[C@@]3(C)[C@@H](O)CCC(C)(C)[C@@H]3[C@H](O)[C@H](OC(=O)COC(=O)CN3CCCCCC3)[C@@]2(C)O1.Cl. The van der Waals surface area contributed by atoms with E-state index in [1.807, 2.05) is 18.7 Å². The number of hydrogen-bond donors (Lipinski definition) is 3. The van der Waals surface area contributed by atoms with Crippen LogP contribution in [0.5, 0.6) is 0 Å². The van der Waals surface area contributed by atoms with Crippen LogP contribution in [0.15, 0.2) is 12.7 Å². The highest BCUT2D eigenvalue weighted by Crippen LogP contribution is 2.67. The van der Waals surface area contributed by atoms with Gasteiger partial charge in [0.25, 0.3) is 0 Å². The summed E-state index contributed by atoms with van der Waals surface area (Å²) in [5.74, 6) is -2.90. The number of ketones is 1. The van der Waals surface area contributed by atoms with E-state index >= 15 is 0 Å². The number of carbonyl (C=O) groups is 3. The van der Waals surface area contributed by atoms with Crippen LogP contribution >= 0.6 is 12.4 Å². The second-order valence-corrected chi connectivity index (χ2v) is 13.6. The van der Waals surface area contributed by atoms with Gasteiger partial charge in [0.2, 0.25) is 0 Å². The van der Waals surface area contributed by atoms with Gasteiger partial charge in [0.15, 0.2) is 24.1 Å². The lowest BCUT2D eigenvalue weighted by atomic mass is 9.40. The molecule has 2 aliphatic carbocycles. The smallest absolute Gasteiger partial charge is 0.344 e. The molecule has 4 aliphatic rings. The van der Waals surface area contributed by atoms with Crippen molar-refractivity contribution in [2.75, 3.05) is 26.2 Å². The standard InChI is InChI=1S/C30H47NO9.ClH/c1-7-27(4)16-20(33)30(37)28(5)19(32)12-13-26(2,3)24(28)23(36)25(29(30,6)40-27)39-22(35)18-38-21(34)17-31-14-10-8-9-11-15-31;/h7,19,23-25,32,36-37H,1,8-18H2,2-6H3;1H/t19-,23-,24-,25-,27-,28-,29+,30-;/m0./s1. The molecule has 2 saturated heterocycles. The summed E-state index contributed by atoms with van der Waals surface area (Å²) in [7, 11) is 0. The molecule has 8 atom stereocenters. The largest absolute Gasteiger partial charge is 0.454 e. The Morgan fingerprint density at radius 3 is 2.27 bits per heavy atom. The van der Waals surface area contributed by atoms with Crippen molar-refractivity contribution < 1.29 is 43.9 Å². The molecule has 4 fully saturated rings. The van der Waals surface area contributed by atoms with Gasteiger partial charge in [-0.25, -0.2) is 4.79 Å². The number of ether oxygens (including phenoxy) is 3. The Morgan fingerprint density at radius 1 is 1.07 bits per heavy atom. The second kappa shape index (κ2) is 11.8. The van der Waals surface area contributed by atoms with Gasteiger partial charge >= 0.3 is 11.9 Å². The number of aliphatic hydroxyl groups excluding tert-OH is 2. The third-order valence-corrected chi connectivity index (χ3v) is 10.4. The fourth-order valence-corrected chi connectivity index (χ4v) is 8.32. The van der Waals surface area contributed by atoms with E-state index in [1.165, 1.54) is 13.0 Å². The lowest BCUT2D eigenvalue weighted by Gasteiger charge is -2.71. The monoisotopic (exact) mass is 601 g/mol. The average Bonchev–Trinajstić information content (AvgIpc) is 3.14. The Labute approximate surface area is 249 Å². The zero-order valence-electron chi connectivity index (χ0n) is 25.0. The Kier molecular flexibility index (Phi) is 9.81. The van der Waals surface area contributed by atoms with Gasteiger partial charge in [-0.2, -0.15) is 0 Å². The quantitative estimate of drug-likeness (QED) is 0.307. The Hall–Kier alpha value is -1.56. The number of rotatable bonds is 6. The fraction of sp³-hybridized carbons (Fsp3) is 0.833. The number of fused-ring (bicyclic) bond motifs is 3. The lowest BCUT2D eigenvalue weighted by Crippen LogP contribution is -2.86. The van der Waals surface area contributed by atoms with E-state index < -0.39 is 76.2 Å². The van der Waals surface area contributed by atoms with Gasteiger partial charge in [-0.1, -0.05) is 39.7 Å². The molecule has 2 heterocycles. The molecule has 0 aromatic carbocycles. The summed E-state index contributed by atoms with van der Waals surface area (Å²) in [6.45, 7) is 13.2. The van der Waals surface area contributed by atoms with Crippen LogP contribution in [0, 0.1) is 16.7 Å². The highest BCUT2D eigenvalue weighted by Gasteiger charge is 2.81. The molecule has 0 unspecified atom stereocenters. The number of likely N-dealkylation sites (tertiary alicyclic amines) is 1. The Bertz CT molecular complexity index is 1030. The number of Topliss-reactive ketones (excluding diaryl/α,β-unsaturated/α-hetero) is 1. The molecule has 11 heteroatoms. The van der Waals surface area contributed by atoms with Crippen LogP contribution < -0.4 is 0 Å². The highest BCUT2D eigenvalue weighted by molar-refractivity contribution is 5.92. The van der Waals surface area contributed by atoms with Crippen LogP contribution in [0.25, 0.3) is 0 Å². The van der Waals surface area contributed by atoms with Gasteiger partial charge in [-0.15, -0.1) is 19.0 Å². The maximum atomic E-state index is 13.9. The molecule has 3 N–H and O–H groups in total. The highest BCUT2D eigenvalue weighted by atomic mass is 35.5. The van der Waals surface area contributed by atoms with Crippen molar-refractivity contribution in [3.8, 4) is 0 Å². The first kappa shape index (κ1) is 33.9. The van der Waals surface area contributed by atoms with Crippen molar-refractivity contribution in [3.05, 3.63) is 12.7 Å². The van der Waals surface area contributed by atoms with Crippen molar-refractivity contribution >= 4 is 30.1 Å². The Morgan fingerprint density at radius 2 is 1.68 bits per heavy atom. The normalized spacial score (nSPS) is 42.5.